The van der Waals surface area contributed by atoms with E-state index in [1.165, 1.54) is 13.0 Å². The van der Waals surface area contributed by atoms with Crippen molar-refractivity contribution in [3.8, 4) is 0 Å². The van der Waals surface area contributed by atoms with Crippen LogP contribution in [0.1, 0.15) is 33.1 Å². The molecule has 0 aromatic heterocycles. The summed E-state index contributed by atoms with van der Waals surface area (Å²) in [6.45, 7) is 7.01. The maximum Gasteiger partial charge on any atom is 0.0613 e. The summed E-state index contributed by atoms with van der Waals surface area (Å²) in [6, 6.07) is 0.626. The number of aliphatic hydroxyl groups is 1. The van der Waals surface area contributed by atoms with E-state index in [0.717, 1.165) is 19.4 Å². The number of hydrogen-bond acceptors (Lipinski definition) is 3. The molecule has 1 aliphatic rings. The topological polar surface area (TPSA) is 35.5 Å². The molecule has 14 heavy (non-hydrogen) atoms. The van der Waals surface area contributed by atoms with Crippen LogP contribution in [0.15, 0.2) is 0 Å². The van der Waals surface area contributed by atoms with Gasteiger partial charge in [-0.25, -0.2) is 0 Å². The molecule has 1 atom stereocenters. The second-order valence-corrected chi connectivity index (χ2v) is 4.67. The normalized spacial score (nSPS) is 30.6. The van der Waals surface area contributed by atoms with Crippen molar-refractivity contribution in [3.63, 3.8) is 0 Å². The Bertz CT molecular complexity index is 167. The molecule has 84 valence electrons. The second kappa shape index (κ2) is 5.10. The van der Waals surface area contributed by atoms with Gasteiger partial charge >= 0.3 is 0 Å². The van der Waals surface area contributed by atoms with Gasteiger partial charge < -0.3 is 15.3 Å². The van der Waals surface area contributed by atoms with Crippen LogP contribution in [0.4, 0.5) is 0 Å². The molecule has 1 rings (SSSR count). The van der Waals surface area contributed by atoms with Crippen LogP contribution in [0.5, 0.6) is 0 Å². The summed E-state index contributed by atoms with van der Waals surface area (Å²) in [5.41, 5.74) is -0.0242. The largest absolute Gasteiger partial charge is 0.394 e. The van der Waals surface area contributed by atoms with Gasteiger partial charge in [0.15, 0.2) is 0 Å². The fourth-order valence-electron chi connectivity index (χ4n) is 2.22. The SMILES string of the molecule is CNC1(CO)CCCN(C(C)C)CC1. The number of nitrogens with one attached hydrogen (secondary N) is 1. The zero-order valence-corrected chi connectivity index (χ0v) is 9.71. The summed E-state index contributed by atoms with van der Waals surface area (Å²) in [4.78, 5) is 2.49. The van der Waals surface area contributed by atoms with Crippen molar-refractivity contribution in [1.82, 2.24) is 10.2 Å². The van der Waals surface area contributed by atoms with Crippen LogP contribution in [-0.2, 0) is 0 Å². The van der Waals surface area contributed by atoms with Gasteiger partial charge in [-0.3, -0.25) is 0 Å². The minimum absolute atomic E-state index is 0.0242. The molecule has 0 amide bonds. The quantitative estimate of drug-likeness (QED) is 0.708. The van der Waals surface area contributed by atoms with E-state index in [1.54, 1.807) is 0 Å². The minimum atomic E-state index is -0.0242. The molecule has 0 aliphatic carbocycles. The van der Waals surface area contributed by atoms with Gasteiger partial charge in [-0.15, -0.1) is 0 Å². The number of likely N-dealkylation sites (tertiary alicyclic amines) is 1. The van der Waals surface area contributed by atoms with Crippen LogP contribution in [0.2, 0.25) is 0 Å². The minimum Gasteiger partial charge on any atom is -0.394 e. The van der Waals surface area contributed by atoms with Gasteiger partial charge in [-0.05, 0) is 46.7 Å². The molecular formula is C11H24N2O. The van der Waals surface area contributed by atoms with Gasteiger partial charge in [0.25, 0.3) is 0 Å². The van der Waals surface area contributed by atoms with Crippen LogP contribution in [0, 0.1) is 0 Å². The molecule has 0 saturated carbocycles. The highest BCUT2D eigenvalue weighted by atomic mass is 16.3. The van der Waals surface area contributed by atoms with Gasteiger partial charge in [-0.2, -0.15) is 0 Å². The fourth-order valence-corrected chi connectivity index (χ4v) is 2.22. The molecule has 0 bridgehead atoms. The number of hydrogen-bond donors (Lipinski definition) is 2. The maximum absolute atomic E-state index is 9.41. The van der Waals surface area contributed by atoms with Crippen molar-refractivity contribution in [2.45, 2.75) is 44.7 Å². The fraction of sp³-hybridized carbons (Fsp3) is 1.00. The predicted octanol–water partition coefficient (Wildman–Crippen LogP) is 0.831. The summed E-state index contributed by atoms with van der Waals surface area (Å²) in [5.74, 6) is 0. The van der Waals surface area contributed by atoms with E-state index in [1.807, 2.05) is 7.05 Å². The number of likely N-dealkylation sites (N-methyl/N-ethyl adjacent to an activating group) is 1. The molecule has 3 nitrogen and oxygen atoms in total. The highest BCUT2D eigenvalue weighted by Crippen LogP contribution is 2.22. The molecule has 1 fully saturated rings. The third-order valence-electron chi connectivity index (χ3n) is 3.54. The van der Waals surface area contributed by atoms with E-state index >= 15 is 0 Å². The van der Waals surface area contributed by atoms with Crippen LogP contribution in [-0.4, -0.2) is 48.3 Å². The zero-order valence-electron chi connectivity index (χ0n) is 9.71. The predicted molar refractivity (Wildman–Crippen MR) is 59.4 cm³/mol. The lowest BCUT2D eigenvalue weighted by molar-refractivity contribution is 0.147. The number of nitrogens with zero attached hydrogens (tertiary/aromatic N) is 1. The zero-order chi connectivity index (χ0) is 10.6. The van der Waals surface area contributed by atoms with Gasteiger partial charge in [0, 0.05) is 18.1 Å². The Kier molecular flexibility index (Phi) is 4.35. The smallest absolute Gasteiger partial charge is 0.0613 e. The van der Waals surface area contributed by atoms with Crippen LogP contribution >= 0.6 is 0 Å². The Morgan fingerprint density at radius 1 is 1.36 bits per heavy atom. The Hall–Kier alpha value is -0.120. The molecule has 1 heterocycles. The van der Waals surface area contributed by atoms with E-state index in [2.05, 4.69) is 24.1 Å². The number of aliphatic hydroxyl groups excluding tert-OH is 1. The van der Waals surface area contributed by atoms with E-state index in [-0.39, 0.29) is 12.1 Å². The average molecular weight is 200 g/mol. The van der Waals surface area contributed by atoms with Crippen molar-refractivity contribution in [2.24, 2.45) is 0 Å². The standard InChI is InChI=1S/C11H24N2O/c1-10(2)13-7-4-5-11(9-14,12-3)6-8-13/h10,12,14H,4-9H2,1-3H3. The van der Waals surface area contributed by atoms with Gasteiger partial charge in [0.1, 0.15) is 0 Å². The van der Waals surface area contributed by atoms with Crippen LogP contribution < -0.4 is 5.32 Å². The van der Waals surface area contributed by atoms with Crippen LogP contribution in [0.3, 0.4) is 0 Å². The maximum atomic E-state index is 9.41. The van der Waals surface area contributed by atoms with E-state index in [0.29, 0.717) is 6.04 Å². The van der Waals surface area contributed by atoms with Gasteiger partial charge in [-0.1, -0.05) is 0 Å². The monoisotopic (exact) mass is 200 g/mol. The lowest BCUT2D eigenvalue weighted by atomic mass is 9.92. The molecule has 0 radical (unpaired) electrons. The molecule has 1 aliphatic heterocycles. The van der Waals surface area contributed by atoms with Crippen LogP contribution in [0.25, 0.3) is 0 Å². The third-order valence-corrected chi connectivity index (χ3v) is 3.54. The summed E-state index contributed by atoms with van der Waals surface area (Å²) in [5, 5.41) is 12.7. The second-order valence-electron chi connectivity index (χ2n) is 4.67. The molecular weight excluding hydrogens is 176 g/mol. The van der Waals surface area contributed by atoms with Crippen molar-refractivity contribution in [2.75, 3.05) is 26.7 Å². The Balaban J connectivity index is 2.55. The van der Waals surface area contributed by atoms with Crippen molar-refractivity contribution in [3.05, 3.63) is 0 Å². The van der Waals surface area contributed by atoms with Gasteiger partial charge in [0.2, 0.25) is 0 Å². The lowest BCUT2D eigenvalue weighted by Gasteiger charge is -2.31. The van der Waals surface area contributed by atoms with Crippen molar-refractivity contribution in [1.29, 1.82) is 0 Å². The Labute approximate surface area is 87.5 Å². The molecule has 0 aromatic carbocycles. The van der Waals surface area contributed by atoms with E-state index in [9.17, 15) is 5.11 Å². The highest BCUT2D eigenvalue weighted by Gasteiger charge is 2.30. The molecule has 1 unspecified atom stereocenters. The van der Waals surface area contributed by atoms with Gasteiger partial charge in [0.05, 0.1) is 6.61 Å². The van der Waals surface area contributed by atoms with E-state index in [4.69, 9.17) is 0 Å². The number of rotatable bonds is 3. The first-order valence-electron chi connectivity index (χ1n) is 5.67. The molecule has 0 spiro atoms. The molecule has 3 heteroatoms. The average Bonchev–Trinajstić information content (AvgIpc) is 2.40. The summed E-state index contributed by atoms with van der Waals surface area (Å²) in [7, 11) is 1.96. The Morgan fingerprint density at radius 3 is 2.57 bits per heavy atom. The Morgan fingerprint density at radius 2 is 2.07 bits per heavy atom. The summed E-state index contributed by atoms with van der Waals surface area (Å²) >= 11 is 0. The first-order valence-corrected chi connectivity index (χ1v) is 5.67. The highest BCUT2D eigenvalue weighted by molar-refractivity contribution is 4.90. The lowest BCUT2D eigenvalue weighted by Crippen LogP contribution is -2.47. The molecule has 2 N–H and O–H groups in total. The van der Waals surface area contributed by atoms with Crippen molar-refractivity contribution < 1.29 is 5.11 Å². The summed E-state index contributed by atoms with van der Waals surface area (Å²) < 4.78 is 0. The first kappa shape index (κ1) is 12.0. The molecule has 0 aromatic rings. The third kappa shape index (κ3) is 2.69. The first-order chi connectivity index (χ1) is 6.63. The van der Waals surface area contributed by atoms with Crippen molar-refractivity contribution >= 4 is 0 Å². The van der Waals surface area contributed by atoms with E-state index < -0.39 is 0 Å². The summed E-state index contributed by atoms with van der Waals surface area (Å²) in [6.07, 6.45) is 3.32. The molecule has 1 saturated heterocycles.